The Bertz CT molecular complexity index is 86.9. The zero-order valence-electron chi connectivity index (χ0n) is 4.07. The Morgan fingerprint density at radius 2 is 2.57 bits per heavy atom. The second-order valence-corrected chi connectivity index (χ2v) is 1.47. The summed E-state index contributed by atoms with van der Waals surface area (Å²) in [4.78, 5) is 0. The normalized spacial score (nSPS) is 20.3. The molecule has 0 saturated heterocycles. The van der Waals surface area contributed by atoms with Gasteiger partial charge in [0.05, 0.1) is 12.5 Å². The van der Waals surface area contributed by atoms with Crippen molar-refractivity contribution >= 4 is 0 Å². The van der Waals surface area contributed by atoms with Crippen LogP contribution in [0.2, 0.25) is 0 Å². The van der Waals surface area contributed by atoms with Crippen LogP contribution >= 0.6 is 0 Å². The summed E-state index contributed by atoms with van der Waals surface area (Å²) in [5.41, 5.74) is 5.34. The molecule has 0 atom stereocenters. The van der Waals surface area contributed by atoms with E-state index in [4.69, 9.17) is 5.73 Å². The van der Waals surface area contributed by atoms with Crippen LogP contribution < -0.4 is 16.4 Å². The first-order chi connectivity index (χ1) is 3.39. The van der Waals surface area contributed by atoms with Crippen LogP contribution in [0.3, 0.4) is 0 Å². The molecule has 0 amide bonds. The second kappa shape index (κ2) is 1.84. The molecule has 0 fully saturated rings. The highest BCUT2D eigenvalue weighted by Crippen LogP contribution is 1.78. The van der Waals surface area contributed by atoms with E-state index in [1.54, 1.807) is 0 Å². The van der Waals surface area contributed by atoms with E-state index < -0.39 is 0 Å². The summed E-state index contributed by atoms with van der Waals surface area (Å²) in [6, 6.07) is 0. The lowest BCUT2D eigenvalue weighted by atomic mass is 10.5. The summed E-state index contributed by atoms with van der Waals surface area (Å²) in [5.74, 6) is 0.777. The highest BCUT2D eigenvalue weighted by molar-refractivity contribution is 4.97. The van der Waals surface area contributed by atoms with Crippen molar-refractivity contribution in [2.24, 2.45) is 5.73 Å². The Labute approximate surface area is 42.6 Å². The molecule has 3 nitrogen and oxygen atoms in total. The molecule has 4 N–H and O–H groups in total. The van der Waals surface area contributed by atoms with Gasteiger partial charge in [-0.05, 0) is 6.08 Å². The van der Waals surface area contributed by atoms with Crippen molar-refractivity contribution in [3.8, 4) is 0 Å². The highest BCUT2D eigenvalue weighted by Gasteiger charge is 1.91. The van der Waals surface area contributed by atoms with Gasteiger partial charge in [0.25, 0.3) is 0 Å². The van der Waals surface area contributed by atoms with E-state index in [0.29, 0.717) is 0 Å². The molecule has 0 radical (unpaired) electrons. The smallest absolute Gasteiger partial charge is 0.0941 e. The molecule has 0 spiro atoms. The summed E-state index contributed by atoms with van der Waals surface area (Å²) >= 11 is 0. The number of rotatable bonds is 0. The lowest BCUT2D eigenvalue weighted by molar-refractivity contribution is 0.633. The van der Waals surface area contributed by atoms with Crippen molar-refractivity contribution in [2.75, 3.05) is 13.2 Å². The van der Waals surface area contributed by atoms with E-state index in [-0.39, 0.29) is 0 Å². The summed E-state index contributed by atoms with van der Waals surface area (Å²) in [6.45, 7) is 1.68. The number of nitrogens with two attached hydrogens (primary N) is 1. The molecule has 0 unspecified atom stereocenters. The fraction of sp³-hybridized carbons (Fsp3) is 0.500. The molecular weight excluding hydrogens is 90.1 g/mol. The number of hydrogen-bond donors (Lipinski definition) is 3. The maximum absolute atomic E-state index is 5.34. The van der Waals surface area contributed by atoms with Crippen LogP contribution in [0.25, 0.3) is 0 Å². The third kappa shape index (κ3) is 1.08. The van der Waals surface area contributed by atoms with Crippen LogP contribution in [0.15, 0.2) is 11.9 Å². The standard InChI is InChI=1S/C4H9N3/c5-4-1-2-6-3-7-4/h1,6-7H,2-3,5H2. The monoisotopic (exact) mass is 99.1 g/mol. The molecule has 0 aromatic heterocycles. The largest absolute Gasteiger partial charge is 0.386 e. The first-order valence-corrected chi connectivity index (χ1v) is 2.30. The van der Waals surface area contributed by atoms with Crippen LogP contribution in [0.5, 0.6) is 0 Å². The predicted octanol–water partition coefficient (Wildman–Crippen LogP) is -1.06. The van der Waals surface area contributed by atoms with E-state index in [0.717, 1.165) is 19.0 Å². The van der Waals surface area contributed by atoms with Gasteiger partial charge in [-0.15, -0.1) is 0 Å². The summed E-state index contributed by atoms with van der Waals surface area (Å²) in [7, 11) is 0. The maximum Gasteiger partial charge on any atom is 0.0941 e. The van der Waals surface area contributed by atoms with Gasteiger partial charge in [0.15, 0.2) is 0 Å². The Kier molecular flexibility index (Phi) is 1.17. The summed E-state index contributed by atoms with van der Waals surface area (Å²) in [5, 5.41) is 5.96. The van der Waals surface area contributed by atoms with Crippen molar-refractivity contribution < 1.29 is 0 Å². The molecule has 0 aromatic rings. The predicted molar refractivity (Wildman–Crippen MR) is 28.3 cm³/mol. The van der Waals surface area contributed by atoms with Gasteiger partial charge in [0.2, 0.25) is 0 Å². The van der Waals surface area contributed by atoms with Crippen molar-refractivity contribution in [3.05, 3.63) is 11.9 Å². The zero-order chi connectivity index (χ0) is 5.11. The second-order valence-electron chi connectivity index (χ2n) is 1.47. The lowest BCUT2D eigenvalue weighted by Gasteiger charge is -2.11. The minimum absolute atomic E-state index is 0.777. The number of nitrogens with one attached hydrogen (secondary N) is 2. The third-order valence-electron chi connectivity index (χ3n) is 0.884. The Morgan fingerprint density at radius 1 is 1.71 bits per heavy atom. The Morgan fingerprint density at radius 3 is 2.86 bits per heavy atom. The van der Waals surface area contributed by atoms with Crippen LogP contribution in [0.1, 0.15) is 0 Å². The molecule has 40 valence electrons. The van der Waals surface area contributed by atoms with Crippen molar-refractivity contribution in [1.82, 2.24) is 10.6 Å². The van der Waals surface area contributed by atoms with Gasteiger partial charge in [-0.1, -0.05) is 0 Å². The lowest BCUT2D eigenvalue weighted by Crippen LogP contribution is -2.36. The molecule has 0 aromatic carbocycles. The molecule has 3 heteroatoms. The van der Waals surface area contributed by atoms with Crippen molar-refractivity contribution in [2.45, 2.75) is 0 Å². The van der Waals surface area contributed by atoms with Crippen LogP contribution in [-0.4, -0.2) is 13.2 Å². The van der Waals surface area contributed by atoms with Gasteiger partial charge in [-0.25, -0.2) is 0 Å². The minimum atomic E-state index is 0.777. The summed E-state index contributed by atoms with van der Waals surface area (Å²) in [6.07, 6.45) is 1.91. The maximum atomic E-state index is 5.34. The van der Waals surface area contributed by atoms with E-state index in [1.807, 2.05) is 6.08 Å². The SMILES string of the molecule is NC1=CCNCN1. The van der Waals surface area contributed by atoms with Crippen LogP contribution in [-0.2, 0) is 0 Å². The Hall–Kier alpha value is -0.700. The van der Waals surface area contributed by atoms with Crippen molar-refractivity contribution in [3.63, 3.8) is 0 Å². The van der Waals surface area contributed by atoms with Crippen LogP contribution in [0, 0.1) is 0 Å². The molecular formula is C4H9N3. The van der Waals surface area contributed by atoms with Gasteiger partial charge in [0.1, 0.15) is 0 Å². The van der Waals surface area contributed by atoms with Gasteiger partial charge in [-0.3, -0.25) is 5.32 Å². The first-order valence-electron chi connectivity index (χ1n) is 2.30. The topological polar surface area (TPSA) is 50.1 Å². The molecule has 1 rings (SSSR count). The average molecular weight is 99.1 g/mol. The van der Waals surface area contributed by atoms with Gasteiger partial charge in [0, 0.05) is 6.54 Å². The molecule has 1 heterocycles. The molecule has 1 aliphatic heterocycles. The Balaban J connectivity index is 2.40. The minimum Gasteiger partial charge on any atom is -0.386 e. The van der Waals surface area contributed by atoms with Crippen molar-refractivity contribution in [1.29, 1.82) is 0 Å². The number of hydrogen-bond acceptors (Lipinski definition) is 3. The van der Waals surface area contributed by atoms with E-state index in [2.05, 4.69) is 10.6 Å². The quantitative estimate of drug-likeness (QED) is 0.362. The van der Waals surface area contributed by atoms with E-state index in [9.17, 15) is 0 Å². The van der Waals surface area contributed by atoms with Gasteiger partial charge >= 0.3 is 0 Å². The van der Waals surface area contributed by atoms with E-state index >= 15 is 0 Å². The van der Waals surface area contributed by atoms with Gasteiger partial charge in [-0.2, -0.15) is 0 Å². The summed E-state index contributed by atoms with van der Waals surface area (Å²) < 4.78 is 0. The average Bonchev–Trinajstić information content (AvgIpc) is 1.69. The van der Waals surface area contributed by atoms with E-state index in [1.165, 1.54) is 0 Å². The fourth-order valence-corrected chi connectivity index (χ4v) is 0.491. The third-order valence-corrected chi connectivity index (χ3v) is 0.884. The highest BCUT2D eigenvalue weighted by atomic mass is 15.1. The van der Waals surface area contributed by atoms with Crippen LogP contribution in [0.4, 0.5) is 0 Å². The molecule has 1 aliphatic rings. The molecule has 0 bridgehead atoms. The zero-order valence-corrected chi connectivity index (χ0v) is 4.07. The fourth-order valence-electron chi connectivity index (χ4n) is 0.491. The first kappa shape index (κ1) is 4.46. The molecule has 0 saturated carbocycles. The van der Waals surface area contributed by atoms with Gasteiger partial charge < -0.3 is 11.1 Å². The molecule has 7 heavy (non-hydrogen) atoms. The molecule has 0 aliphatic carbocycles.